The van der Waals surface area contributed by atoms with E-state index in [0.29, 0.717) is 5.75 Å². The summed E-state index contributed by atoms with van der Waals surface area (Å²) in [5.74, 6) is 0.675. The second kappa shape index (κ2) is 6.64. The lowest BCUT2D eigenvalue weighted by molar-refractivity contribution is -0.122. The fraction of sp³-hybridized carbons (Fsp3) is 0.462. The zero-order valence-corrected chi connectivity index (χ0v) is 12.7. The van der Waals surface area contributed by atoms with E-state index in [1.54, 1.807) is 7.11 Å². The van der Waals surface area contributed by atoms with Crippen molar-refractivity contribution >= 4 is 27.5 Å². The van der Waals surface area contributed by atoms with Gasteiger partial charge in [-0.25, -0.2) is 0 Å². The number of ether oxygens (including phenoxy) is 1. The molecule has 0 aliphatic rings. The molecule has 5 heteroatoms. The molecule has 0 radical (unpaired) electrons. The van der Waals surface area contributed by atoms with Crippen LogP contribution in [0, 0.1) is 0 Å². The third kappa shape index (κ3) is 4.22. The van der Waals surface area contributed by atoms with Crippen LogP contribution >= 0.6 is 15.9 Å². The van der Waals surface area contributed by atoms with Crippen LogP contribution in [0.3, 0.4) is 0 Å². The lowest BCUT2D eigenvalue weighted by Gasteiger charge is -2.18. The first-order chi connectivity index (χ1) is 8.43. The van der Waals surface area contributed by atoms with E-state index in [9.17, 15) is 4.79 Å². The number of nitrogens with one attached hydrogen (secondary N) is 2. The van der Waals surface area contributed by atoms with Crippen molar-refractivity contribution in [2.75, 3.05) is 12.4 Å². The normalized spacial score (nSPS) is 12.1. The number of carbonyl (C=O) groups excluding carboxylic acids is 1. The Hall–Kier alpha value is -1.23. The summed E-state index contributed by atoms with van der Waals surface area (Å²) in [6.07, 6.45) is 0. The van der Waals surface area contributed by atoms with Gasteiger partial charge in [0.25, 0.3) is 0 Å². The van der Waals surface area contributed by atoms with Gasteiger partial charge in [-0.15, -0.1) is 0 Å². The van der Waals surface area contributed by atoms with Crippen molar-refractivity contribution in [3.8, 4) is 5.75 Å². The molecule has 0 fully saturated rings. The number of carbonyl (C=O) groups is 1. The molecule has 2 N–H and O–H groups in total. The van der Waals surface area contributed by atoms with Gasteiger partial charge in [-0.2, -0.15) is 0 Å². The van der Waals surface area contributed by atoms with Crippen LogP contribution in [0.1, 0.15) is 20.8 Å². The van der Waals surface area contributed by atoms with Crippen molar-refractivity contribution in [3.63, 3.8) is 0 Å². The van der Waals surface area contributed by atoms with E-state index < -0.39 is 0 Å². The Bertz CT molecular complexity index is 421. The maximum absolute atomic E-state index is 11.8. The summed E-state index contributed by atoms with van der Waals surface area (Å²) in [4.78, 5) is 11.8. The topological polar surface area (TPSA) is 50.4 Å². The van der Waals surface area contributed by atoms with Crippen molar-refractivity contribution in [1.82, 2.24) is 5.32 Å². The van der Waals surface area contributed by atoms with Gasteiger partial charge in [-0.1, -0.05) is 15.9 Å². The van der Waals surface area contributed by atoms with Gasteiger partial charge >= 0.3 is 0 Å². The van der Waals surface area contributed by atoms with Crippen LogP contribution in [0.5, 0.6) is 5.75 Å². The third-order valence-corrected chi connectivity index (χ3v) is 2.85. The maximum atomic E-state index is 11.8. The van der Waals surface area contributed by atoms with Gasteiger partial charge in [0.2, 0.25) is 5.91 Å². The molecule has 1 aromatic rings. The highest BCUT2D eigenvalue weighted by Gasteiger charge is 2.15. The quantitative estimate of drug-likeness (QED) is 0.878. The fourth-order valence-electron chi connectivity index (χ4n) is 1.50. The molecule has 18 heavy (non-hydrogen) atoms. The lowest BCUT2D eigenvalue weighted by atomic mass is 10.2. The highest BCUT2D eigenvalue weighted by molar-refractivity contribution is 9.10. The van der Waals surface area contributed by atoms with Crippen molar-refractivity contribution in [2.24, 2.45) is 0 Å². The van der Waals surface area contributed by atoms with Gasteiger partial charge in [0, 0.05) is 10.5 Å². The van der Waals surface area contributed by atoms with E-state index in [0.717, 1.165) is 10.2 Å². The molecule has 0 saturated carbocycles. The van der Waals surface area contributed by atoms with Crippen LogP contribution in [0.25, 0.3) is 0 Å². The number of hydrogen-bond acceptors (Lipinski definition) is 3. The number of hydrogen-bond donors (Lipinski definition) is 2. The molecule has 1 unspecified atom stereocenters. The van der Waals surface area contributed by atoms with Crippen molar-refractivity contribution in [2.45, 2.75) is 32.9 Å². The van der Waals surface area contributed by atoms with E-state index in [4.69, 9.17) is 4.74 Å². The second-order valence-electron chi connectivity index (χ2n) is 4.37. The summed E-state index contributed by atoms with van der Waals surface area (Å²) in [5, 5.41) is 6.00. The van der Waals surface area contributed by atoms with Gasteiger partial charge in [-0.3, -0.25) is 4.79 Å². The molecule has 0 heterocycles. The van der Waals surface area contributed by atoms with Crippen molar-refractivity contribution < 1.29 is 9.53 Å². The van der Waals surface area contributed by atoms with Crippen molar-refractivity contribution in [3.05, 3.63) is 22.7 Å². The van der Waals surface area contributed by atoms with Gasteiger partial charge < -0.3 is 15.4 Å². The number of anilines is 1. The Balaban J connectivity index is 2.77. The standard InChI is InChI=1S/C13H19BrN2O2/c1-8(2)15-13(17)9(3)16-11-7-10(14)5-6-12(11)18-4/h5-9,16H,1-4H3,(H,15,17). The van der Waals surface area contributed by atoms with Crippen LogP contribution in [0.2, 0.25) is 0 Å². The zero-order valence-electron chi connectivity index (χ0n) is 11.1. The first-order valence-electron chi connectivity index (χ1n) is 5.84. The molecule has 100 valence electrons. The molecule has 0 aliphatic heterocycles. The third-order valence-electron chi connectivity index (χ3n) is 2.36. The molecule has 0 bridgehead atoms. The van der Waals surface area contributed by atoms with E-state index in [2.05, 4.69) is 26.6 Å². The minimum atomic E-state index is -0.324. The number of benzene rings is 1. The Morgan fingerprint density at radius 1 is 1.33 bits per heavy atom. The highest BCUT2D eigenvalue weighted by atomic mass is 79.9. The van der Waals surface area contributed by atoms with E-state index in [1.165, 1.54) is 0 Å². The van der Waals surface area contributed by atoms with Crippen LogP contribution in [-0.4, -0.2) is 25.1 Å². The molecule has 0 saturated heterocycles. The Kier molecular flexibility index (Phi) is 5.47. The number of amides is 1. The van der Waals surface area contributed by atoms with E-state index in [1.807, 2.05) is 39.0 Å². The molecule has 1 atom stereocenters. The number of methoxy groups -OCH3 is 1. The number of halogens is 1. The van der Waals surface area contributed by atoms with Crippen LogP contribution in [0.4, 0.5) is 5.69 Å². The molecule has 4 nitrogen and oxygen atoms in total. The molecular weight excluding hydrogens is 296 g/mol. The fourth-order valence-corrected chi connectivity index (χ4v) is 1.86. The van der Waals surface area contributed by atoms with Crippen molar-refractivity contribution in [1.29, 1.82) is 0 Å². The largest absolute Gasteiger partial charge is 0.495 e. The molecular formula is C13H19BrN2O2. The second-order valence-corrected chi connectivity index (χ2v) is 5.29. The Labute approximate surface area is 116 Å². The van der Waals surface area contributed by atoms with Gasteiger partial charge in [-0.05, 0) is 39.0 Å². The van der Waals surface area contributed by atoms with Gasteiger partial charge in [0.15, 0.2) is 0 Å². The average Bonchev–Trinajstić information content (AvgIpc) is 2.28. The monoisotopic (exact) mass is 314 g/mol. The maximum Gasteiger partial charge on any atom is 0.242 e. The minimum absolute atomic E-state index is 0.0352. The SMILES string of the molecule is COc1ccc(Br)cc1NC(C)C(=O)NC(C)C. The predicted octanol–water partition coefficient (Wildman–Crippen LogP) is 2.78. The Morgan fingerprint density at radius 2 is 2.00 bits per heavy atom. The summed E-state index contributed by atoms with van der Waals surface area (Å²) < 4.78 is 6.18. The number of rotatable bonds is 5. The average molecular weight is 315 g/mol. The smallest absolute Gasteiger partial charge is 0.242 e. The predicted molar refractivity (Wildman–Crippen MR) is 77.1 cm³/mol. The van der Waals surface area contributed by atoms with Crippen LogP contribution in [0.15, 0.2) is 22.7 Å². The first kappa shape index (κ1) is 14.8. The molecule has 1 aromatic carbocycles. The Morgan fingerprint density at radius 3 is 2.56 bits per heavy atom. The molecule has 0 spiro atoms. The zero-order chi connectivity index (χ0) is 13.7. The lowest BCUT2D eigenvalue weighted by Crippen LogP contribution is -2.41. The van der Waals surface area contributed by atoms with Crippen LogP contribution < -0.4 is 15.4 Å². The van der Waals surface area contributed by atoms with Crippen LogP contribution in [-0.2, 0) is 4.79 Å². The van der Waals surface area contributed by atoms with Gasteiger partial charge in [0.1, 0.15) is 11.8 Å². The van der Waals surface area contributed by atoms with Gasteiger partial charge in [0.05, 0.1) is 12.8 Å². The summed E-state index contributed by atoms with van der Waals surface area (Å²) in [5.41, 5.74) is 0.790. The molecule has 0 aromatic heterocycles. The molecule has 0 aliphatic carbocycles. The highest BCUT2D eigenvalue weighted by Crippen LogP contribution is 2.28. The summed E-state index contributed by atoms with van der Waals surface area (Å²) in [6, 6.07) is 5.43. The first-order valence-corrected chi connectivity index (χ1v) is 6.63. The molecule has 1 amide bonds. The minimum Gasteiger partial charge on any atom is -0.495 e. The molecule has 1 rings (SSSR count). The summed E-state index contributed by atoms with van der Waals surface area (Å²) in [6.45, 7) is 5.69. The summed E-state index contributed by atoms with van der Waals surface area (Å²) in [7, 11) is 1.60. The summed E-state index contributed by atoms with van der Waals surface area (Å²) >= 11 is 3.40. The van der Waals surface area contributed by atoms with E-state index in [-0.39, 0.29) is 18.0 Å². The van der Waals surface area contributed by atoms with E-state index >= 15 is 0 Å².